The number of nitrogens with one attached hydrogen (secondary N) is 3. The van der Waals surface area contributed by atoms with E-state index in [4.69, 9.17) is 33.7 Å². The first kappa shape index (κ1) is 61.7. The Morgan fingerprint density at radius 1 is 0.867 bits per heavy atom. The number of hydrogen-bond acceptors (Lipinski definition) is 15. The van der Waals surface area contributed by atoms with Crippen LogP contribution in [0.2, 0.25) is 0 Å². The van der Waals surface area contributed by atoms with Gasteiger partial charge in [-0.25, -0.2) is 9.97 Å². The van der Waals surface area contributed by atoms with Gasteiger partial charge in [0.15, 0.2) is 11.6 Å². The van der Waals surface area contributed by atoms with Crippen molar-refractivity contribution in [3.05, 3.63) is 76.7 Å². The third-order valence-corrected chi connectivity index (χ3v) is 13.4. The van der Waals surface area contributed by atoms with Crippen LogP contribution < -0.4 is 30.5 Å². The zero-order chi connectivity index (χ0) is 54.4. The molecule has 414 valence electrons. The molecule has 18 heteroatoms. The van der Waals surface area contributed by atoms with Crippen molar-refractivity contribution in [1.82, 2.24) is 30.8 Å². The SMILES string of the molecule is CCCC1CCC(=O)NC1=O.CCCCCCN(CC)c1cc(C(C)NC(=O)c2ccc(N3CCOCC3)cc2)nc(CCCOCCOCCN2CCC(Oc3cccc(C(C)=O)c3C(C)=O)CC2)n1.CNC=O. The summed E-state index contributed by atoms with van der Waals surface area (Å²) in [4.78, 5) is 85.5. The van der Waals surface area contributed by atoms with Crippen molar-refractivity contribution < 1.29 is 47.7 Å². The lowest BCUT2D eigenvalue weighted by molar-refractivity contribution is -0.136. The summed E-state index contributed by atoms with van der Waals surface area (Å²) in [5, 5.41) is 7.76. The molecule has 3 saturated heterocycles. The molecule has 3 aliphatic rings. The second-order valence-corrected chi connectivity index (χ2v) is 19.2. The van der Waals surface area contributed by atoms with Crippen LogP contribution in [0.5, 0.6) is 5.75 Å². The molecule has 6 rings (SSSR count). The fraction of sp³-hybridized carbons (Fsp3) is 0.614. The van der Waals surface area contributed by atoms with Gasteiger partial charge in [0.05, 0.1) is 50.3 Å². The number of anilines is 2. The Morgan fingerprint density at radius 3 is 2.20 bits per heavy atom. The predicted molar refractivity (Wildman–Crippen MR) is 292 cm³/mol. The summed E-state index contributed by atoms with van der Waals surface area (Å²) in [7, 11) is 1.56. The number of aromatic nitrogens is 2. The first-order valence-electron chi connectivity index (χ1n) is 27.3. The highest BCUT2D eigenvalue weighted by atomic mass is 16.5. The molecule has 3 fully saturated rings. The van der Waals surface area contributed by atoms with Crippen LogP contribution in [0.4, 0.5) is 11.5 Å². The average molecular weight is 1040 g/mol. The standard InChI is InChI=1S/C47H68N6O7.C8H13NO2.C2H5NO/c1-6-8-9-10-22-52(7-2)45-34-42(35(3)48-47(56)38-16-18-39(19-17-38)53-26-30-58-31-27-53)49-44(50-45)15-12-28-57-32-33-59-29-25-51-23-20-40(21-24-51)60-43-14-11-13-41(36(4)54)46(43)37(5)55;1-2-3-6-4-5-7(10)9-8(6)11;1-3-2-4/h11,13-14,16-19,34-35,40H,6-10,12,15,20-33H2,1-5H3,(H,48,56);6H,2-5H2,1H3,(H,9,10,11);2H,1H3,(H,3,4). The van der Waals surface area contributed by atoms with E-state index >= 15 is 0 Å². The Labute approximate surface area is 445 Å². The van der Waals surface area contributed by atoms with Crippen LogP contribution in [0, 0.1) is 5.92 Å². The summed E-state index contributed by atoms with van der Waals surface area (Å²) in [5.41, 5.74) is 3.30. The molecule has 3 aromatic rings. The van der Waals surface area contributed by atoms with Crippen LogP contribution in [0.1, 0.15) is 161 Å². The number of Topliss-reactive ketones (excluding diaryl/α,β-unsaturated/α-hetero) is 2. The van der Waals surface area contributed by atoms with E-state index in [1.807, 2.05) is 44.2 Å². The molecule has 3 aliphatic heterocycles. The highest BCUT2D eigenvalue weighted by Crippen LogP contribution is 2.28. The molecule has 4 amide bonds. The van der Waals surface area contributed by atoms with Gasteiger partial charge in [0.2, 0.25) is 18.2 Å². The van der Waals surface area contributed by atoms with Gasteiger partial charge in [0, 0.05) is 101 Å². The van der Waals surface area contributed by atoms with E-state index in [0.717, 1.165) is 114 Å². The Hall–Kier alpha value is -5.82. The summed E-state index contributed by atoms with van der Waals surface area (Å²) in [6.07, 6.45) is 11.6. The van der Waals surface area contributed by atoms with Gasteiger partial charge in [0.25, 0.3) is 5.91 Å². The van der Waals surface area contributed by atoms with Crippen LogP contribution in [0.3, 0.4) is 0 Å². The number of piperidine rings is 2. The number of carbonyl (C=O) groups is 6. The Bertz CT molecular complexity index is 2210. The molecule has 0 spiro atoms. The zero-order valence-electron chi connectivity index (χ0n) is 45.9. The minimum Gasteiger partial charge on any atom is -0.490 e. The number of benzene rings is 2. The van der Waals surface area contributed by atoms with Crippen molar-refractivity contribution in [1.29, 1.82) is 0 Å². The lowest BCUT2D eigenvalue weighted by Gasteiger charge is -2.32. The normalized spacial score (nSPS) is 16.3. The van der Waals surface area contributed by atoms with Crippen molar-refractivity contribution in [2.75, 3.05) is 102 Å². The van der Waals surface area contributed by atoms with Crippen LogP contribution >= 0.6 is 0 Å². The first-order chi connectivity index (χ1) is 36.3. The van der Waals surface area contributed by atoms with Gasteiger partial charge < -0.3 is 44.3 Å². The molecule has 0 saturated carbocycles. The molecule has 0 bridgehead atoms. The maximum Gasteiger partial charge on any atom is 0.251 e. The van der Waals surface area contributed by atoms with Gasteiger partial charge in [-0.05, 0) is 96.6 Å². The summed E-state index contributed by atoms with van der Waals surface area (Å²) >= 11 is 0. The molecule has 0 radical (unpaired) electrons. The lowest BCUT2D eigenvalue weighted by Crippen LogP contribution is -2.40. The molecule has 2 aromatic carbocycles. The van der Waals surface area contributed by atoms with Crippen LogP contribution in [-0.2, 0) is 35.0 Å². The van der Waals surface area contributed by atoms with Crippen molar-refractivity contribution >= 4 is 47.2 Å². The van der Waals surface area contributed by atoms with E-state index in [-0.39, 0.29) is 47.4 Å². The van der Waals surface area contributed by atoms with Crippen LogP contribution in [0.25, 0.3) is 0 Å². The monoisotopic (exact) mass is 1040 g/mol. The van der Waals surface area contributed by atoms with E-state index < -0.39 is 0 Å². The van der Waals surface area contributed by atoms with Crippen LogP contribution in [0.15, 0.2) is 48.5 Å². The van der Waals surface area contributed by atoms with E-state index in [0.29, 0.717) is 81.3 Å². The van der Waals surface area contributed by atoms with E-state index in [2.05, 4.69) is 44.5 Å². The fourth-order valence-electron chi connectivity index (χ4n) is 9.09. The molecule has 4 heterocycles. The maximum atomic E-state index is 13.4. The Kier molecular flexibility index (Phi) is 28.6. The molecule has 3 N–H and O–H groups in total. The second kappa shape index (κ2) is 34.7. The molecule has 2 atom stereocenters. The van der Waals surface area contributed by atoms with Crippen LogP contribution in [-0.4, -0.2) is 149 Å². The highest BCUT2D eigenvalue weighted by molar-refractivity contribution is 6.09. The van der Waals surface area contributed by atoms with E-state index in [1.165, 1.54) is 33.1 Å². The fourth-order valence-corrected chi connectivity index (χ4v) is 9.09. The number of imide groups is 1. The highest BCUT2D eigenvalue weighted by Gasteiger charge is 2.26. The van der Waals surface area contributed by atoms with Crippen molar-refractivity contribution in [2.45, 2.75) is 131 Å². The number of aryl methyl sites for hydroxylation is 1. The van der Waals surface area contributed by atoms with Crippen molar-refractivity contribution in [2.24, 2.45) is 5.92 Å². The largest absolute Gasteiger partial charge is 0.490 e. The van der Waals surface area contributed by atoms with Gasteiger partial charge in [-0.15, -0.1) is 0 Å². The third kappa shape index (κ3) is 21.7. The molecular formula is C57H86N8O10. The quantitative estimate of drug-likeness (QED) is 0.0281. The van der Waals surface area contributed by atoms with Gasteiger partial charge >= 0.3 is 0 Å². The molecular weight excluding hydrogens is 957 g/mol. The van der Waals surface area contributed by atoms with Gasteiger partial charge in [-0.2, -0.15) is 0 Å². The van der Waals surface area contributed by atoms with Gasteiger partial charge in [-0.1, -0.05) is 51.7 Å². The summed E-state index contributed by atoms with van der Waals surface area (Å²) in [6, 6.07) is 14.8. The Balaban J connectivity index is 0.000000699. The number of rotatable bonds is 28. The third-order valence-electron chi connectivity index (χ3n) is 13.4. The molecule has 2 unspecified atom stereocenters. The number of unbranched alkanes of at least 4 members (excludes halogenated alkanes) is 3. The topological polar surface area (TPSA) is 211 Å². The van der Waals surface area contributed by atoms with E-state index in [1.54, 1.807) is 25.2 Å². The number of carbonyl (C=O) groups excluding carboxylic acids is 6. The number of ether oxygens (including phenoxy) is 4. The van der Waals surface area contributed by atoms with E-state index in [9.17, 15) is 24.0 Å². The minimum absolute atomic E-state index is 0.00418. The number of ketones is 2. The summed E-state index contributed by atoms with van der Waals surface area (Å²) in [6.45, 7) is 21.1. The van der Waals surface area contributed by atoms with Crippen molar-refractivity contribution in [3.8, 4) is 5.75 Å². The smallest absolute Gasteiger partial charge is 0.251 e. The molecule has 1 aromatic heterocycles. The number of amides is 4. The average Bonchev–Trinajstić information content (AvgIpc) is 3.42. The van der Waals surface area contributed by atoms with Gasteiger partial charge in [0.1, 0.15) is 23.5 Å². The number of hydrogen-bond donors (Lipinski definition) is 3. The second-order valence-electron chi connectivity index (χ2n) is 19.2. The minimum atomic E-state index is -0.304. The lowest BCUT2D eigenvalue weighted by atomic mass is 9.94. The number of morpholine rings is 1. The van der Waals surface area contributed by atoms with Crippen molar-refractivity contribution in [3.63, 3.8) is 0 Å². The summed E-state index contributed by atoms with van der Waals surface area (Å²) in [5.74, 6) is 1.60. The summed E-state index contributed by atoms with van der Waals surface area (Å²) < 4.78 is 23.6. The Morgan fingerprint density at radius 2 is 1.57 bits per heavy atom. The predicted octanol–water partition coefficient (Wildman–Crippen LogP) is 7.33. The van der Waals surface area contributed by atoms with Gasteiger partial charge in [-0.3, -0.25) is 34.1 Å². The molecule has 0 aliphatic carbocycles. The first-order valence-corrected chi connectivity index (χ1v) is 27.3. The number of nitrogens with zero attached hydrogens (tertiary/aromatic N) is 5. The zero-order valence-corrected chi connectivity index (χ0v) is 45.9. The maximum absolute atomic E-state index is 13.4. The number of likely N-dealkylation sites (tertiary alicyclic amines) is 1. The molecule has 18 nitrogen and oxygen atoms in total. The molecule has 75 heavy (non-hydrogen) atoms.